The van der Waals surface area contributed by atoms with E-state index in [1.165, 1.54) is 0 Å². The van der Waals surface area contributed by atoms with Crippen LogP contribution >= 0.6 is 0 Å². The fourth-order valence-corrected chi connectivity index (χ4v) is 0.348. The molecule has 0 aliphatic rings. The molecule has 0 rings (SSSR count). The predicted octanol–water partition coefficient (Wildman–Crippen LogP) is -0.621. The third kappa shape index (κ3) is 4.96. The molecule has 0 aromatic carbocycles. The Balaban J connectivity index is 3.28. The van der Waals surface area contributed by atoms with Crippen molar-refractivity contribution < 1.29 is 14.7 Å². The topological polar surface area (TPSA) is 80.4 Å². The highest BCUT2D eigenvalue weighted by atomic mass is 16.4. The molecule has 0 aliphatic heterocycles. The molecular weight excluding hydrogens is 124 g/mol. The minimum Gasteiger partial charge on any atom is -0.481 e. The lowest BCUT2D eigenvalue weighted by Gasteiger charge is -1.90. The Hall–Kier alpha value is -0.900. The number of rotatable bonds is 4. The minimum atomic E-state index is -0.961. The van der Waals surface area contributed by atoms with Crippen LogP contribution in [0, 0.1) is 0 Å². The fraction of sp³-hybridized carbons (Fsp3) is 0.600. The summed E-state index contributed by atoms with van der Waals surface area (Å²) in [6.45, 7) is -0.0622. The summed E-state index contributed by atoms with van der Waals surface area (Å²) in [6.07, 6.45) is -0.0676. The third-order valence-electron chi connectivity index (χ3n) is 0.845. The van der Waals surface area contributed by atoms with Crippen LogP contribution in [0.15, 0.2) is 0 Å². The van der Waals surface area contributed by atoms with Crippen molar-refractivity contribution in [3.63, 3.8) is 0 Å². The van der Waals surface area contributed by atoms with E-state index in [4.69, 9.17) is 10.8 Å². The van der Waals surface area contributed by atoms with Gasteiger partial charge in [-0.05, 0) is 0 Å². The van der Waals surface area contributed by atoms with E-state index in [-0.39, 0.29) is 25.2 Å². The molecule has 0 amide bonds. The van der Waals surface area contributed by atoms with Gasteiger partial charge >= 0.3 is 5.97 Å². The van der Waals surface area contributed by atoms with Crippen molar-refractivity contribution in [2.75, 3.05) is 6.54 Å². The molecule has 0 radical (unpaired) electrons. The minimum absolute atomic E-state index is 0.0475. The Kier molecular flexibility index (Phi) is 3.62. The molecular formula is C5H9NO3. The first-order chi connectivity index (χ1) is 4.16. The van der Waals surface area contributed by atoms with Gasteiger partial charge in [0.2, 0.25) is 0 Å². The standard InChI is InChI=1S/C5H9NO3/c6-3-4(7)1-2-5(8)9/h1-3,6H2,(H,8,9)/i4+1,6+1. The number of Topliss-reactive ketones (excluding diaryl/α,β-unsaturated/α-hetero) is 1. The number of hydrogen-bond donors (Lipinski definition) is 2. The van der Waals surface area contributed by atoms with E-state index < -0.39 is 5.97 Å². The van der Waals surface area contributed by atoms with Crippen molar-refractivity contribution in [1.29, 1.82) is 0 Å². The molecule has 0 aromatic rings. The van der Waals surface area contributed by atoms with Crippen LogP contribution < -0.4 is 5.73 Å². The summed E-state index contributed by atoms with van der Waals surface area (Å²) in [6, 6.07) is 0. The number of ketones is 1. The third-order valence-corrected chi connectivity index (χ3v) is 0.845. The molecule has 0 saturated carbocycles. The van der Waals surface area contributed by atoms with Gasteiger partial charge in [0, 0.05) is 6.42 Å². The summed E-state index contributed by atoms with van der Waals surface area (Å²) >= 11 is 0. The van der Waals surface area contributed by atoms with Crippen LogP contribution in [0.25, 0.3) is 0 Å². The van der Waals surface area contributed by atoms with E-state index in [2.05, 4.69) is 0 Å². The van der Waals surface area contributed by atoms with Crippen LogP contribution in [-0.2, 0) is 9.59 Å². The van der Waals surface area contributed by atoms with Gasteiger partial charge in [-0.1, -0.05) is 0 Å². The van der Waals surface area contributed by atoms with Crippen LogP contribution in [0.3, 0.4) is 0 Å². The number of carbonyl (C=O) groups excluding carboxylic acids is 1. The van der Waals surface area contributed by atoms with Crippen molar-refractivity contribution in [2.24, 2.45) is 5.73 Å². The lowest BCUT2D eigenvalue weighted by molar-refractivity contribution is -0.138. The zero-order chi connectivity index (χ0) is 7.28. The molecule has 0 saturated heterocycles. The molecule has 52 valence electrons. The van der Waals surface area contributed by atoms with E-state index >= 15 is 0 Å². The molecule has 0 heterocycles. The Labute approximate surface area is 52.7 Å². The summed E-state index contributed by atoms with van der Waals surface area (Å²) in [5.41, 5.74) is 4.92. The van der Waals surface area contributed by atoms with E-state index in [0.717, 1.165) is 0 Å². The van der Waals surface area contributed by atoms with Gasteiger partial charge in [-0.2, -0.15) is 0 Å². The number of carbonyl (C=O) groups is 2. The van der Waals surface area contributed by atoms with Gasteiger partial charge in [0.15, 0.2) is 0 Å². The molecule has 4 nitrogen and oxygen atoms in total. The van der Waals surface area contributed by atoms with Crippen molar-refractivity contribution in [3.05, 3.63) is 0 Å². The lowest BCUT2D eigenvalue weighted by Crippen LogP contribution is -2.14. The van der Waals surface area contributed by atoms with Crippen molar-refractivity contribution in [3.8, 4) is 0 Å². The van der Waals surface area contributed by atoms with Crippen LogP contribution in [0.5, 0.6) is 0 Å². The molecule has 3 N–H and O–H groups in total. The van der Waals surface area contributed by atoms with Crippen molar-refractivity contribution in [2.45, 2.75) is 12.8 Å². The second-order valence-corrected chi connectivity index (χ2v) is 1.64. The first-order valence-corrected chi connectivity index (χ1v) is 2.60. The quantitative estimate of drug-likeness (QED) is 0.395. The highest BCUT2D eigenvalue weighted by molar-refractivity contribution is 5.83. The number of nitrogens with two attached hydrogens (primary N) is 1. The summed E-state index contributed by atoms with van der Waals surface area (Å²) in [5, 5.41) is 8.06. The SMILES string of the molecule is [15NH2]C[13C](=O)CCC(=O)O. The van der Waals surface area contributed by atoms with Crippen molar-refractivity contribution >= 4 is 11.8 Å². The van der Waals surface area contributed by atoms with Gasteiger partial charge in [-0.25, -0.2) is 0 Å². The second-order valence-electron chi connectivity index (χ2n) is 1.64. The van der Waals surface area contributed by atoms with Crippen LogP contribution in [-0.4, -0.2) is 23.4 Å². The predicted molar refractivity (Wildman–Crippen MR) is 30.9 cm³/mol. The van der Waals surface area contributed by atoms with Crippen LogP contribution in [0.2, 0.25) is 0 Å². The number of carboxylic acids is 1. The molecule has 0 aromatic heterocycles. The highest BCUT2D eigenvalue weighted by Crippen LogP contribution is 1.87. The van der Waals surface area contributed by atoms with Gasteiger partial charge in [0.05, 0.1) is 13.0 Å². The first kappa shape index (κ1) is 8.10. The van der Waals surface area contributed by atoms with Gasteiger partial charge in [0.1, 0.15) is 5.78 Å². The van der Waals surface area contributed by atoms with Crippen molar-refractivity contribution in [1.82, 2.24) is 0 Å². The average molecular weight is 133 g/mol. The molecule has 0 aliphatic carbocycles. The van der Waals surface area contributed by atoms with Gasteiger partial charge < -0.3 is 10.8 Å². The smallest absolute Gasteiger partial charge is 0.303 e. The zero-order valence-electron chi connectivity index (χ0n) is 4.96. The molecule has 0 fully saturated rings. The number of carboxylic acid groups (broad SMARTS) is 1. The lowest BCUT2D eigenvalue weighted by atomic mass is 10.4. The molecule has 9 heavy (non-hydrogen) atoms. The Morgan fingerprint density at radius 2 is 1.89 bits per heavy atom. The summed E-state index contributed by atoms with van der Waals surface area (Å²) in [5.74, 6) is -1.17. The monoisotopic (exact) mass is 133 g/mol. The zero-order valence-corrected chi connectivity index (χ0v) is 4.96. The van der Waals surface area contributed by atoms with E-state index in [9.17, 15) is 9.59 Å². The Bertz CT molecular complexity index is 121. The summed E-state index contributed by atoms with van der Waals surface area (Å²) in [4.78, 5) is 20.2. The molecule has 4 heteroatoms. The first-order valence-electron chi connectivity index (χ1n) is 2.60. The fourth-order valence-electron chi connectivity index (χ4n) is 0.348. The van der Waals surface area contributed by atoms with Crippen LogP contribution in [0.1, 0.15) is 12.8 Å². The Morgan fingerprint density at radius 1 is 1.33 bits per heavy atom. The average Bonchev–Trinajstić information content (AvgIpc) is 1.83. The van der Waals surface area contributed by atoms with E-state index in [1.807, 2.05) is 0 Å². The summed E-state index contributed by atoms with van der Waals surface area (Å²) in [7, 11) is 0. The van der Waals surface area contributed by atoms with Gasteiger partial charge in [0.25, 0.3) is 0 Å². The van der Waals surface area contributed by atoms with Gasteiger partial charge in [-0.15, -0.1) is 0 Å². The second kappa shape index (κ2) is 4.03. The van der Waals surface area contributed by atoms with Crippen LogP contribution in [0.4, 0.5) is 0 Å². The number of hydrogen-bond acceptors (Lipinski definition) is 3. The molecule has 0 spiro atoms. The maximum Gasteiger partial charge on any atom is 0.303 e. The summed E-state index contributed by atoms with van der Waals surface area (Å²) < 4.78 is 0. The molecule has 0 bridgehead atoms. The Morgan fingerprint density at radius 3 is 2.22 bits per heavy atom. The molecule has 0 atom stereocenters. The van der Waals surface area contributed by atoms with E-state index in [1.54, 1.807) is 0 Å². The highest BCUT2D eigenvalue weighted by Gasteiger charge is 2.01. The van der Waals surface area contributed by atoms with E-state index in [0.29, 0.717) is 0 Å². The number of aliphatic carboxylic acids is 1. The largest absolute Gasteiger partial charge is 0.481 e. The normalized spacial score (nSPS) is 9.00. The van der Waals surface area contributed by atoms with Gasteiger partial charge in [-0.3, -0.25) is 9.59 Å². The maximum atomic E-state index is 10.3. The maximum absolute atomic E-state index is 10.3. The molecule has 0 unspecified atom stereocenters.